The number of fused-ring (bicyclic) bond motifs is 1. The van der Waals surface area contributed by atoms with E-state index in [0.29, 0.717) is 22.9 Å². The van der Waals surface area contributed by atoms with Gasteiger partial charge in [0, 0.05) is 41.1 Å². The number of halogens is 2. The molecule has 0 saturated carbocycles. The monoisotopic (exact) mass is 435 g/mol. The smallest absolute Gasteiger partial charge is 0.235 e. The Hall–Kier alpha value is -3.12. The number of hydrogen-bond acceptors (Lipinski definition) is 2. The van der Waals surface area contributed by atoms with Crippen LogP contribution in [0.4, 0.5) is 4.39 Å². The van der Waals surface area contributed by atoms with Crippen LogP contribution in [-0.4, -0.2) is 27.2 Å². The first-order valence-corrected chi connectivity index (χ1v) is 10.9. The van der Waals surface area contributed by atoms with E-state index in [-0.39, 0.29) is 17.6 Å². The SMILES string of the molecule is O=C1NC(=O)C(c2cn3c4c(cccc24)CC(CCl)C3)C1c1c[nH]c2cc(F)ccc12. The molecule has 2 N–H and O–H groups in total. The average Bonchev–Trinajstić information content (AvgIpc) is 3.41. The molecule has 2 aliphatic heterocycles. The predicted octanol–water partition coefficient (Wildman–Crippen LogP) is 4.20. The van der Waals surface area contributed by atoms with Gasteiger partial charge in [-0.3, -0.25) is 14.9 Å². The van der Waals surface area contributed by atoms with Gasteiger partial charge in [0.2, 0.25) is 11.8 Å². The Balaban J connectivity index is 1.54. The second kappa shape index (κ2) is 6.69. The zero-order chi connectivity index (χ0) is 21.3. The normalized spacial score (nSPS) is 23.1. The highest BCUT2D eigenvalue weighted by Crippen LogP contribution is 2.44. The van der Waals surface area contributed by atoms with Crippen LogP contribution in [0.15, 0.2) is 48.8 Å². The van der Waals surface area contributed by atoms with E-state index in [1.54, 1.807) is 12.3 Å². The Morgan fingerprint density at radius 2 is 1.87 bits per heavy atom. The molecule has 2 aliphatic rings. The van der Waals surface area contributed by atoms with Crippen LogP contribution in [0, 0.1) is 11.7 Å². The van der Waals surface area contributed by atoms with Gasteiger partial charge in [0.05, 0.1) is 17.4 Å². The van der Waals surface area contributed by atoms with Crippen molar-refractivity contribution in [3.8, 4) is 0 Å². The van der Waals surface area contributed by atoms with E-state index < -0.39 is 11.8 Å². The number of alkyl halides is 1. The van der Waals surface area contributed by atoms with Crippen LogP contribution in [0.3, 0.4) is 0 Å². The van der Waals surface area contributed by atoms with Crippen LogP contribution in [-0.2, 0) is 22.6 Å². The van der Waals surface area contributed by atoms with E-state index in [1.807, 2.05) is 18.3 Å². The topological polar surface area (TPSA) is 66.9 Å². The fourth-order valence-electron chi connectivity index (χ4n) is 5.38. The van der Waals surface area contributed by atoms with E-state index in [9.17, 15) is 14.0 Å². The van der Waals surface area contributed by atoms with E-state index >= 15 is 0 Å². The Morgan fingerprint density at radius 3 is 2.68 bits per heavy atom. The number of aromatic amines is 1. The summed E-state index contributed by atoms with van der Waals surface area (Å²) < 4.78 is 15.8. The second-order valence-corrected chi connectivity index (χ2v) is 8.83. The van der Waals surface area contributed by atoms with Crippen molar-refractivity contribution in [3.63, 3.8) is 0 Å². The minimum Gasteiger partial charge on any atom is -0.361 e. The number of benzene rings is 2. The molecule has 4 aromatic rings. The number of rotatable bonds is 3. The lowest BCUT2D eigenvalue weighted by molar-refractivity contribution is -0.125. The molecule has 31 heavy (non-hydrogen) atoms. The largest absolute Gasteiger partial charge is 0.361 e. The molecule has 0 spiro atoms. The van der Waals surface area contributed by atoms with Crippen molar-refractivity contribution in [2.45, 2.75) is 24.8 Å². The molecule has 156 valence electrons. The van der Waals surface area contributed by atoms with Crippen molar-refractivity contribution < 1.29 is 14.0 Å². The van der Waals surface area contributed by atoms with Gasteiger partial charge in [-0.25, -0.2) is 4.39 Å². The van der Waals surface area contributed by atoms with E-state index in [2.05, 4.69) is 20.9 Å². The number of nitrogens with zero attached hydrogens (tertiary/aromatic N) is 1. The maximum absolute atomic E-state index is 13.7. The number of imide groups is 1. The van der Waals surface area contributed by atoms with Gasteiger partial charge in [-0.1, -0.05) is 18.2 Å². The van der Waals surface area contributed by atoms with Crippen molar-refractivity contribution in [1.29, 1.82) is 0 Å². The molecule has 0 aliphatic carbocycles. The van der Waals surface area contributed by atoms with Gasteiger partial charge in [-0.15, -0.1) is 11.6 Å². The van der Waals surface area contributed by atoms with Crippen LogP contribution < -0.4 is 5.32 Å². The highest BCUT2D eigenvalue weighted by molar-refractivity contribution is 6.18. The van der Waals surface area contributed by atoms with Crippen LogP contribution >= 0.6 is 11.6 Å². The number of nitrogens with one attached hydrogen (secondary N) is 2. The summed E-state index contributed by atoms with van der Waals surface area (Å²) in [5.74, 6) is -1.41. The van der Waals surface area contributed by atoms with Gasteiger partial charge in [-0.2, -0.15) is 0 Å². The Bertz CT molecular complexity index is 1390. The quantitative estimate of drug-likeness (QED) is 0.374. The van der Waals surface area contributed by atoms with Crippen molar-refractivity contribution in [2.75, 3.05) is 5.88 Å². The fourth-order valence-corrected chi connectivity index (χ4v) is 5.59. The van der Waals surface area contributed by atoms with Crippen molar-refractivity contribution in [3.05, 3.63) is 71.3 Å². The molecule has 6 rings (SSSR count). The minimum atomic E-state index is -0.681. The molecule has 0 radical (unpaired) electrons. The summed E-state index contributed by atoms with van der Waals surface area (Å²) in [6, 6.07) is 10.5. The van der Waals surface area contributed by atoms with Crippen LogP contribution in [0.5, 0.6) is 0 Å². The Morgan fingerprint density at radius 1 is 1.06 bits per heavy atom. The lowest BCUT2D eigenvalue weighted by atomic mass is 9.82. The van der Waals surface area contributed by atoms with Gasteiger partial charge in [0.25, 0.3) is 0 Å². The van der Waals surface area contributed by atoms with Crippen molar-refractivity contribution in [1.82, 2.24) is 14.9 Å². The molecule has 3 atom stereocenters. The van der Waals surface area contributed by atoms with E-state index in [1.165, 1.54) is 17.7 Å². The summed E-state index contributed by atoms with van der Waals surface area (Å²) >= 11 is 6.16. The number of H-pyrrole nitrogens is 1. The van der Waals surface area contributed by atoms with Crippen molar-refractivity contribution >= 4 is 45.2 Å². The maximum Gasteiger partial charge on any atom is 0.235 e. The molecular formula is C24H19ClFN3O2. The third-order valence-corrected chi connectivity index (χ3v) is 7.12. The molecule has 2 aromatic heterocycles. The van der Waals surface area contributed by atoms with E-state index in [4.69, 9.17) is 11.6 Å². The third kappa shape index (κ3) is 2.67. The Kier molecular flexibility index (Phi) is 4.02. The molecule has 1 saturated heterocycles. The summed E-state index contributed by atoms with van der Waals surface area (Å²) in [4.78, 5) is 29.0. The van der Waals surface area contributed by atoms with Crippen LogP contribution in [0.1, 0.15) is 28.5 Å². The number of amides is 2. The molecule has 4 heterocycles. The average molecular weight is 436 g/mol. The van der Waals surface area contributed by atoms with Gasteiger partial charge < -0.3 is 9.55 Å². The molecule has 5 nitrogen and oxygen atoms in total. The highest BCUT2D eigenvalue weighted by atomic mass is 35.5. The molecule has 7 heteroatoms. The summed E-state index contributed by atoms with van der Waals surface area (Å²) in [6.07, 6.45) is 4.63. The second-order valence-electron chi connectivity index (χ2n) is 8.52. The third-order valence-electron chi connectivity index (χ3n) is 6.69. The summed E-state index contributed by atoms with van der Waals surface area (Å²) in [5, 5.41) is 4.27. The number of hydrogen-bond donors (Lipinski definition) is 2. The highest BCUT2D eigenvalue weighted by Gasteiger charge is 2.46. The first-order chi connectivity index (χ1) is 15.0. The molecular weight excluding hydrogens is 417 g/mol. The molecule has 3 unspecified atom stereocenters. The number of carbonyl (C=O) groups is 2. The maximum atomic E-state index is 13.7. The van der Waals surface area contributed by atoms with E-state index in [0.717, 1.165) is 34.8 Å². The summed E-state index contributed by atoms with van der Waals surface area (Å²) in [7, 11) is 0. The minimum absolute atomic E-state index is 0.302. The van der Waals surface area contributed by atoms with Crippen molar-refractivity contribution in [2.24, 2.45) is 5.92 Å². The predicted molar refractivity (Wildman–Crippen MR) is 117 cm³/mol. The lowest BCUT2D eigenvalue weighted by Gasteiger charge is -2.22. The molecule has 2 aromatic carbocycles. The number of para-hydroxylation sites is 1. The lowest BCUT2D eigenvalue weighted by Crippen LogP contribution is -2.21. The van der Waals surface area contributed by atoms with Crippen LogP contribution in [0.2, 0.25) is 0 Å². The van der Waals surface area contributed by atoms with Gasteiger partial charge in [0.15, 0.2) is 0 Å². The zero-order valence-electron chi connectivity index (χ0n) is 16.5. The Labute approximate surface area is 182 Å². The summed E-state index contributed by atoms with van der Waals surface area (Å²) in [5.41, 5.74) is 4.48. The molecule has 0 bridgehead atoms. The first-order valence-electron chi connectivity index (χ1n) is 10.3. The molecule has 2 amide bonds. The first kappa shape index (κ1) is 18.6. The fraction of sp³-hybridized carbons (Fsp3) is 0.250. The van der Waals surface area contributed by atoms with Gasteiger partial charge >= 0.3 is 0 Å². The standard InChI is InChI=1S/C24H19ClFN3O2/c25-8-12-6-13-2-1-3-16-18(11-29(10-12)22(13)16)21-20(23(30)28-24(21)31)17-9-27-19-7-14(26)4-5-15(17)19/h1-5,7,9,11-12,20-21,27H,6,8,10H2,(H,28,30,31). The van der Waals surface area contributed by atoms with Gasteiger partial charge in [0.1, 0.15) is 5.82 Å². The number of aromatic nitrogens is 2. The molecule has 1 fully saturated rings. The van der Waals surface area contributed by atoms with Crippen LogP contribution in [0.25, 0.3) is 21.8 Å². The zero-order valence-corrected chi connectivity index (χ0v) is 17.2. The number of carbonyl (C=O) groups excluding carboxylic acids is 2. The van der Waals surface area contributed by atoms with Gasteiger partial charge in [-0.05, 0) is 47.2 Å². The summed E-state index contributed by atoms with van der Waals surface area (Å²) in [6.45, 7) is 0.788.